The summed E-state index contributed by atoms with van der Waals surface area (Å²) >= 11 is 0. The third kappa shape index (κ3) is 3.42. The highest BCUT2D eigenvalue weighted by atomic mass is 35.5. The number of rotatable bonds is 2. The largest absolute Gasteiger partial charge is 0.497 e. The molecule has 2 fully saturated rings. The van der Waals surface area contributed by atoms with Gasteiger partial charge in [0.1, 0.15) is 5.75 Å². The number of halogens is 1. The van der Waals surface area contributed by atoms with E-state index >= 15 is 0 Å². The smallest absolute Gasteiger partial charge is 0.211 e. The highest BCUT2D eigenvalue weighted by molar-refractivity contribution is 7.88. The maximum Gasteiger partial charge on any atom is 0.211 e. The number of hydrogen-bond acceptors (Lipinski definition) is 4. The fraction of sp³-hybridized carbons (Fsp3) is 0.667. The van der Waals surface area contributed by atoms with Crippen LogP contribution in [0, 0.1) is 5.92 Å². The molecule has 7 heteroatoms. The summed E-state index contributed by atoms with van der Waals surface area (Å²) in [6.45, 7) is 2.77. The number of piperidine rings is 2. The third-order valence-corrected chi connectivity index (χ3v) is 7.35. The normalized spacial score (nSPS) is 29.8. The Labute approximate surface area is 156 Å². The Balaban J connectivity index is 0.00000182. The van der Waals surface area contributed by atoms with E-state index in [4.69, 9.17) is 4.74 Å². The van der Waals surface area contributed by atoms with Gasteiger partial charge >= 0.3 is 0 Å². The molecule has 4 rings (SSSR count). The second-order valence-electron chi connectivity index (χ2n) is 7.40. The van der Waals surface area contributed by atoms with Crippen LogP contribution in [0.4, 0.5) is 0 Å². The van der Waals surface area contributed by atoms with Crippen LogP contribution in [0.3, 0.4) is 0 Å². The molecule has 5 nitrogen and oxygen atoms in total. The Morgan fingerprint density at radius 2 is 2.04 bits per heavy atom. The van der Waals surface area contributed by atoms with Crippen molar-refractivity contribution in [3.63, 3.8) is 0 Å². The molecule has 0 spiro atoms. The molecule has 1 aromatic rings. The van der Waals surface area contributed by atoms with Gasteiger partial charge in [-0.15, -0.1) is 12.4 Å². The van der Waals surface area contributed by atoms with Gasteiger partial charge in [0.2, 0.25) is 10.0 Å². The minimum absolute atomic E-state index is 0. The van der Waals surface area contributed by atoms with Gasteiger partial charge in [0.25, 0.3) is 0 Å². The summed E-state index contributed by atoms with van der Waals surface area (Å²) in [5.41, 5.74) is 2.72. The van der Waals surface area contributed by atoms with E-state index in [2.05, 4.69) is 17.0 Å². The fourth-order valence-electron chi connectivity index (χ4n) is 4.93. The van der Waals surface area contributed by atoms with E-state index in [9.17, 15) is 8.42 Å². The van der Waals surface area contributed by atoms with Gasteiger partial charge in [-0.25, -0.2) is 8.42 Å². The molecule has 0 aliphatic carbocycles. The summed E-state index contributed by atoms with van der Waals surface area (Å²) in [5, 5.41) is 0. The molecule has 1 aromatic carbocycles. The summed E-state index contributed by atoms with van der Waals surface area (Å²) < 4.78 is 31.6. The highest BCUT2D eigenvalue weighted by Gasteiger charge is 2.44. The zero-order valence-electron chi connectivity index (χ0n) is 14.8. The molecule has 3 aliphatic heterocycles. The van der Waals surface area contributed by atoms with Crippen LogP contribution in [0.2, 0.25) is 0 Å². The number of fused-ring (bicyclic) bond motifs is 4. The highest BCUT2D eigenvalue weighted by Crippen LogP contribution is 2.43. The summed E-state index contributed by atoms with van der Waals surface area (Å²) in [6, 6.07) is 6.85. The van der Waals surface area contributed by atoms with Crippen LogP contribution in [-0.2, 0) is 16.4 Å². The Morgan fingerprint density at radius 3 is 2.76 bits per heavy atom. The Hall–Kier alpha value is -0.820. The third-order valence-electron chi connectivity index (χ3n) is 6.05. The van der Waals surface area contributed by atoms with Crippen molar-refractivity contribution in [1.82, 2.24) is 9.21 Å². The lowest BCUT2D eigenvalue weighted by Gasteiger charge is -2.51. The van der Waals surface area contributed by atoms with Crippen LogP contribution in [0.5, 0.6) is 5.75 Å². The number of methoxy groups -OCH3 is 1. The molecule has 0 aromatic heterocycles. The van der Waals surface area contributed by atoms with Gasteiger partial charge < -0.3 is 4.74 Å². The van der Waals surface area contributed by atoms with E-state index in [1.165, 1.54) is 17.4 Å². The molecular weight excluding hydrogens is 360 g/mol. The van der Waals surface area contributed by atoms with E-state index in [-0.39, 0.29) is 18.4 Å². The zero-order valence-corrected chi connectivity index (χ0v) is 16.5. The van der Waals surface area contributed by atoms with Crippen molar-refractivity contribution in [2.75, 3.05) is 33.0 Å². The first-order chi connectivity index (χ1) is 11.5. The van der Waals surface area contributed by atoms with Crippen molar-refractivity contribution in [2.45, 2.75) is 37.8 Å². The molecule has 3 heterocycles. The first-order valence-electron chi connectivity index (χ1n) is 8.85. The summed E-state index contributed by atoms with van der Waals surface area (Å²) in [7, 11) is -1.42. The Bertz CT molecular complexity index is 740. The Kier molecular flexibility index (Phi) is 5.36. The number of ether oxygens (including phenoxy) is 1. The minimum atomic E-state index is -3.13. The summed E-state index contributed by atoms with van der Waals surface area (Å²) in [5.74, 6) is 1.39. The summed E-state index contributed by atoms with van der Waals surface area (Å²) in [4.78, 5) is 2.57. The van der Waals surface area contributed by atoms with Crippen molar-refractivity contribution in [3.05, 3.63) is 29.3 Å². The molecule has 2 saturated heterocycles. The van der Waals surface area contributed by atoms with Crippen LogP contribution in [0.25, 0.3) is 0 Å². The minimum Gasteiger partial charge on any atom is -0.497 e. The number of benzene rings is 1. The lowest BCUT2D eigenvalue weighted by molar-refractivity contribution is 0.0222. The van der Waals surface area contributed by atoms with Gasteiger partial charge in [0.05, 0.1) is 13.4 Å². The molecule has 25 heavy (non-hydrogen) atoms. The molecule has 140 valence electrons. The lowest BCUT2D eigenvalue weighted by atomic mass is 9.77. The first-order valence-corrected chi connectivity index (χ1v) is 10.7. The van der Waals surface area contributed by atoms with E-state index in [1.807, 2.05) is 6.07 Å². The van der Waals surface area contributed by atoms with Crippen LogP contribution < -0.4 is 4.74 Å². The van der Waals surface area contributed by atoms with Gasteiger partial charge in [0, 0.05) is 31.7 Å². The lowest BCUT2D eigenvalue weighted by Crippen LogP contribution is -2.57. The summed E-state index contributed by atoms with van der Waals surface area (Å²) in [6.07, 6.45) is 5.46. The monoisotopic (exact) mass is 386 g/mol. The first kappa shape index (κ1) is 19.0. The number of hydrogen-bond donors (Lipinski definition) is 0. The molecule has 0 radical (unpaired) electrons. The van der Waals surface area contributed by atoms with E-state index in [0.717, 1.165) is 44.5 Å². The topological polar surface area (TPSA) is 49.9 Å². The average molecular weight is 387 g/mol. The van der Waals surface area contributed by atoms with Crippen molar-refractivity contribution in [3.8, 4) is 5.75 Å². The van der Waals surface area contributed by atoms with Crippen molar-refractivity contribution < 1.29 is 13.2 Å². The van der Waals surface area contributed by atoms with Crippen LogP contribution in [0.1, 0.15) is 36.4 Å². The molecule has 3 aliphatic rings. The predicted octanol–water partition coefficient (Wildman–Crippen LogP) is 2.46. The molecule has 0 bridgehead atoms. The second-order valence-corrected chi connectivity index (χ2v) is 9.34. The van der Waals surface area contributed by atoms with Crippen LogP contribution >= 0.6 is 12.4 Å². The van der Waals surface area contributed by atoms with Gasteiger partial charge in [-0.2, -0.15) is 4.31 Å². The van der Waals surface area contributed by atoms with E-state index in [0.29, 0.717) is 18.5 Å². The molecule has 0 amide bonds. The zero-order chi connectivity index (χ0) is 16.9. The van der Waals surface area contributed by atoms with Gasteiger partial charge in [-0.3, -0.25) is 4.90 Å². The number of nitrogens with zero attached hydrogens (tertiary/aromatic N) is 2. The SMILES string of the molecule is COc1ccc2c(c1)CCN1C[C@H]3CCCN(S(C)(=O)=O)[C@H]3C[C@@H]21.Cl. The average Bonchev–Trinajstić information content (AvgIpc) is 2.58. The molecule has 3 atom stereocenters. The maximum absolute atomic E-state index is 12.2. The maximum atomic E-state index is 12.2. The van der Waals surface area contributed by atoms with Crippen molar-refractivity contribution in [1.29, 1.82) is 0 Å². The van der Waals surface area contributed by atoms with Gasteiger partial charge in [0.15, 0.2) is 0 Å². The second kappa shape index (κ2) is 7.06. The molecule has 0 N–H and O–H groups in total. The van der Waals surface area contributed by atoms with Crippen LogP contribution in [0.15, 0.2) is 18.2 Å². The quantitative estimate of drug-likeness (QED) is 0.783. The Morgan fingerprint density at radius 1 is 1.24 bits per heavy atom. The predicted molar refractivity (Wildman–Crippen MR) is 101 cm³/mol. The van der Waals surface area contributed by atoms with Crippen LogP contribution in [-0.4, -0.2) is 56.7 Å². The van der Waals surface area contributed by atoms with Gasteiger partial charge in [-0.1, -0.05) is 6.07 Å². The van der Waals surface area contributed by atoms with Crippen molar-refractivity contribution in [2.24, 2.45) is 5.92 Å². The molecule has 0 saturated carbocycles. The molecular formula is C18H27ClN2O3S. The number of sulfonamides is 1. The molecule has 0 unspecified atom stereocenters. The standard InChI is InChI=1S/C18H26N2O3S.ClH/c1-23-15-5-6-16-13(10-15)7-9-19-12-14-4-3-8-20(24(2,21)22)17(14)11-18(16)19;/h5-6,10,14,17-18H,3-4,7-9,11-12H2,1-2H3;1H/t14-,17+,18+;/m1./s1. The van der Waals surface area contributed by atoms with Gasteiger partial charge in [-0.05, 0) is 54.9 Å². The van der Waals surface area contributed by atoms with E-state index in [1.54, 1.807) is 11.4 Å². The van der Waals surface area contributed by atoms with E-state index < -0.39 is 10.0 Å². The fourth-order valence-corrected chi connectivity index (χ4v) is 6.14. The van der Waals surface area contributed by atoms with Crippen molar-refractivity contribution >= 4 is 22.4 Å².